The summed E-state index contributed by atoms with van der Waals surface area (Å²) in [5.41, 5.74) is 1.60. The normalized spacial score (nSPS) is 10.0. The second-order valence-corrected chi connectivity index (χ2v) is 2.78. The maximum Gasteiger partial charge on any atom is 0.142 e. The van der Waals surface area contributed by atoms with E-state index in [1.54, 1.807) is 18.3 Å². The summed E-state index contributed by atoms with van der Waals surface area (Å²) >= 11 is 0. The highest BCUT2D eigenvalue weighted by Crippen LogP contribution is 2.05. The van der Waals surface area contributed by atoms with Crippen LogP contribution in [0.1, 0.15) is 24.5 Å². The molecule has 0 aliphatic rings. The molecular weight excluding hydrogens is 176 g/mol. The highest BCUT2D eigenvalue weighted by atomic mass is 16.6. The van der Waals surface area contributed by atoms with E-state index < -0.39 is 0 Å². The Hall–Kier alpha value is -1.82. The average molecular weight is 188 g/mol. The van der Waals surface area contributed by atoms with Crippen LogP contribution in [0.3, 0.4) is 0 Å². The van der Waals surface area contributed by atoms with E-state index in [2.05, 4.69) is 11.2 Å². The predicted molar refractivity (Wildman–Crippen MR) is 54.7 cm³/mol. The van der Waals surface area contributed by atoms with Crippen molar-refractivity contribution in [2.75, 3.05) is 0 Å². The van der Waals surface area contributed by atoms with Gasteiger partial charge in [-0.3, -0.25) is 0 Å². The van der Waals surface area contributed by atoms with Gasteiger partial charge in [-0.25, -0.2) is 0 Å². The van der Waals surface area contributed by atoms with Gasteiger partial charge >= 0.3 is 0 Å². The predicted octanol–water partition coefficient (Wildman–Crippen LogP) is 2.47. The number of nitrogens with zero attached hydrogens (tertiary/aromatic N) is 2. The van der Waals surface area contributed by atoms with E-state index in [1.165, 1.54) is 0 Å². The molecule has 0 saturated heterocycles. The number of nitriles is 1. The van der Waals surface area contributed by atoms with Crippen LogP contribution in [0, 0.1) is 11.3 Å². The van der Waals surface area contributed by atoms with Crippen molar-refractivity contribution in [3.05, 3.63) is 35.4 Å². The smallest absolute Gasteiger partial charge is 0.142 e. The minimum absolute atomic E-state index is 0.409. The molecule has 0 amide bonds. The van der Waals surface area contributed by atoms with Gasteiger partial charge in [0.25, 0.3) is 0 Å². The average Bonchev–Trinajstić information content (AvgIpc) is 2.25. The lowest BCUT2D eigenvalue weighted by atomic mass is 10.1. The van der Waals surface area contributed by atoms with Gasteiger partial charge in [0.1, 0.15) is 6.61 Å². The topological polar surface area (TPSA) is 45.4 Å². The summed E-state index contributed by atoms with van der Waals surface area (Å²) in [4.78, 5) is 5.02. The maximum absolute atomic E-state index is 8.65. The highest BCUT2D eigenvalue weighted by Gasteiger charge is 1.94. The molecule has 1 aromatic rings. The Morgan fingerprint density at radius 2 is 2.43 bits per heavy atom. The Morgan fingerprint density at radius 1 is 1.57 bits per heavy atom. The molecule has 72 valence electrons. The first kappa shape index (κ1) is 10.3. The highest BCUT2D eigenvalue weighted by molar-refractivity contribution is 5.55. The number of hydrogen-bond acceptors (Lipinski definition) is 3. The molecule has 0 saturated carbocycles. The van der Waals surface area contributed by atoms with Crippen molar-refractivity contribution < 1.29 is 4.84 Å². The first-order valence-electron chi connectivity index (χ1n) is 4.49. The molecule has 1 rings (SSSR count). The molecule has 0 unspecified atom stereocenters. The van der Waals surface area contributed by atoms with Crippen LogP contribution < -0.4 is 0 Å². The lowest BCUT2D eigenvalue weighted by molar-refractivity contribution is 0.131. The fourth-order valence-corrected chi connectivity index (χ4v) is 0.970. The fourth-order valence-electron chi connectivity index (χ4n) is 0.970. The zero-order valence-electron chi connectivity index (χ0n) is 8.10. The molecule has 0 radical (unpaired) electrons. The van der Waals surface area contributed by atoms with E-state index in [9.17, 15) is 0 Å². The van der Waals surface area contributed by atoms with Crippen molar-refractivity contribution >= 4 is 6.21 Å². The SMILES string of the molecule is CCC=NOCc1cccc(C#N)c1. The summed E-state index contributed by atoms with van der Waals surface area (Å²) in [6.07, 6.45) is 2.56. The van der Waals surface area contributed by atoms with Crippen LogP contribution in [-0.2, 0) is 11.4 Å². The van der Waals surface area contributed by atoms with E-state index in [0.717, 1.165) is 12.0 Å². The van der Waals surface area contributed by atoms with E-state index >= 15 is 0 Å². The number of oxime groups is 1. The lowest BCUT2D eigenvalue weighted by Gasteiger charge is -1.99. The summed E-state index contributed by atoms with van der Waals surface area (Å²) in [6, 6.07) is 9.37. The Kier molecular flexibility index (Phi) is 4.22. The van der Waals surface area contributed by atoms with Gasteiger partial charge < -0.3 is 4.84 Å². The van der Waals surface area contributed by atoms with Crippen LogP contribution in [-0.4, -0.2) is 6.21 Å². The molecule has 0 N–H and O–H groups in total. The number of hydrogen-bond donors (Lipinski definition) is 0. The molecule has 0 aliphatic carbocycles. The second-order valence-electron chi connectivity index (χ2n) is 2.78. The largest absolute Gasteiger partial charge is 0.391 e. The Balaban J connectivity index is 2.51. The Labute approximate surface area is 83.6 Å². The summed E-state index contributed by atoms with van der Waals surface area (Å²) in [5.74, 6) is 0. The van der Waals surface area contributed by atoms with Gasteiger partial charge in [-0.15, -0.1) is 0 Å². The number of benzene rings is 1. The molecule has 0 spiro atoms. The molecule has 0 aliphatic heterocycles. The maximum atomic E-state index is 8.65. The third kappa shape index (κ3) is 3.28. The standard InChI is InChI=1S/C11H12N2O/c1-2-6-13-14-9-11-5-3-4-10(7-11)8-12/h3-7H,2,9H2,1H3. The third-order valence-corrected chi connectivity index (χ3v) is 1.62. The molecule has 0 aromatic heterocycles. The van der Waals surface area contributed by atoms with Gasteiger partial charge in [0.05, 0.1) is 11.6 Å². The van der Waals surface area contributed by atoms with Crippen molar-refractivity contribution in [1.82, 2.24) is 0 Å². The lowest BCUT2D eigenvalue weighted by Crippen LogP contribution is -1.88. The van der Waals surface area contributed by atoms with Gasteiger partial charge in [-0.1, -0.05) is 24.2 Å². The molecule has 1 aromatic carbocycles. The molecular formula is C11H12N2O. The molecule has 14 heavy (non-hydrogen) atoms. The van der Waals surface area contributed by atoms with E-state index in [1.807, 2.05) is 19.1 Å². The van der Waals surface area contributed by atoms with Crippen LogP contribution in [0.4, 0.5) is 0 Å². The van der Waals surface area contributed by atoms with Gasteiger partial charge in [0, 0.05) is 6.21 Å². The fraction of sp³-hybridized carbons (Fsp3) is 0.273. The van der Waals surface area contributed by atoms with E-state index in [0.29, 0.717) is 12.2 Å². The van der Waals surface area contributed by atoms with Crippen molar-refractivity contribution in [2.45, 2.75) is 20.0 Å². The Morgan fingerprint density at radius 3 is 3.14 bits per heavy atom. The summed E-state index contributed by atoms with van der Waals surface area (Å²) in [7, 11) is 0. The quantitative estimate of drug-likeness (QED) is 0.538. The first-order chi connectivity index (χ1) is 6.86. The van der Waals surface area contributed by atoms with Crippen molar-refractivity contribution in [2.24, 2.45) is 5.16 Å². The van der Waals surface area contributed by atoms with Crippen LogP contribution in [0.2, 0.25) is 0 Å². The summed E-state index contributed by atoms with van der Waals surface area (Å²) in [5, 5.41) is 12.4. The van der Waals surface area contributed by atoms with E-state index in [-0.39, 0.29) is 0 Å². The van der Waals surface area contributed by atoms with Gasteiger partial charge in [-0.05, 0) is 24.1 Å². The summed E-state index contributed by atoms with van der Waals surface area (Å²) < 4.78 is 0. The third-order valence-electron chi connectivity index (χ3n) is 1.62. The van der Waals surface area contributed by atoms with Crippen molar-refractivity contribution in [1.29, 1.82) is 5.26 Å². The second kappa shape index (κ2) is 5.76. The first-order valence-corrected chi connectivity index (χ1v) is 4.49. The van der Waals surface area contributed by atoms with Gasteiger partial charge in [-0.2, -0.15) is 5.26 Å². The summed E-state index contributed by atoms with van der Waals surface area (Å²) in [6.45, 7) is 2.40. The Bertz CT molecular complexity index is 353. The molecule has 0 atom stereocenters. The molecule has 3 nitrogen and oxygen atoms in total. The van der Waals surface area contributed by atoms with Crippen LogP contribution in [0.25, 0.3) is 0 Å². The minimum atomic E-state index is 0.409. The number of rotatable bonds is 4. The van der Waals surface area contributed by atoms with Crippen LogP contribution >= 0.6 is 0 Å². The molecule has 0 heterocycles. The van der Waals surface area contributed by atoms with Gasteiger partial charge in [0.15, 0.2) is 0 Å². The zero-order chi connectivity index (χ0) is 10.2. The molecule has 0 bridgehead atoms. The van der Waals surface area contributed by atoms with Crippen LogP contribution in [0.15, 0.2) is 29.4 Å². The zero-order valence-corrected chi connectivity index (χ0v) is 8.10. The van der Waals surface area contributed by atoms with Crippen LogP contribution in [0.5, 0.6) is 0 Å². The monoisotopic (exact) mass is 188 g/mol. The molecule has 0 fully saturated rings. The van der Waals surface area contributed by atoms with Crippen molar-refractivity contribution in [3.63, 3.8) is 0 Å². The van der Waals surface area contributed by atoms with Gasteiger partial charge in [0.2, 0.25) is 0 Å². The van der Waals surface area contributed by atoms with E-state index in [4.69, 9.17) is 10.1 Å². The van der Waals surface area contributed by atoms with Crippen molar-refractivity contribution in [3.8, 4) is 6.07 Å². The minimum Gasteiger partial charge on any atom is -0.391 e. The molecule has 3 heteroatoms.